The molecule has 1 aromatic carbocycles. The number of primary amides is 1. The van der Waals surface area contributed by atoms with Crippen LogP contribution in [-0.4, -0.2) is 179 Å². The number of hydrogen-bond donors (Lipinski definition) is 9. The molecule has 2 bridgehead atoms. The molecule has 27 nitrogen and oxygen atoms in total. The molecule has 93 heavy (non-hydrogen) atoms. The highest BCUT2D eigenvalue weighted by molar-refractivity contribution is 8.00. The van der Waals surface area contributed by atoms with Crippen LogP contribution in [0.1, 0.15) is 136 Å². The van der Waals surface area contributed by atoms with Crippen molar-refractivity contribution in [3.05, 3.63) is 86.3 Å². The lowest BCUT2D eigenvalue weighted by molar-refractivity contribution is -0.385. The first-order valence-corrected chi connectivity index (χ1v) is 33.1. The Bertz CT molecular complexity index is 2900. The minimum Gasteiger partial charge on any atom is -0.493 e. The zero-order chi connectivity index (χ0) is 68.0. The molecule has 10 N–H and O–H groups in total. The normalized spacial score (nSPS) is 24.5. The Morgan fingerprint density at radius 3 is 2.18 bits per heavy atom. The number of amides is 7. The van der Waals surface area contributed by atoms with E-state index >= 15 is 0 Å². The monoisotopic (exact) mass is 1320 g/mol. The summed E-state index contributed by atoms with van der Waals surface area (Å²) >= 11 is 1.86. The zero-order valence-corrected chi connectivity index (χ0v) is 55.7. The van der Waals surface area contributed by atoms with E-state index in [0.717, 1.165) is 31.1 Å². The Hall–Kier alpha value is -7.37. The molecule has 3 heterocycles. The van der Waals surface area contributed by atoms with Gasteiger partial charge in [-0.1, -0.05) is 51.0 Å². The number of nitrogens with two attached hydrogens (primary N) is 1. The number of ketones is 2. The van der Waals surface area contributed by atoms with Crippen molar-refractivity contribution in [2.45, 2.75) is 172 Å². The number of benzene rings is 1. The Labute approximate surface area is 548 Å². The number of ether oxygens (including phenoxy) is 7. The molecule has 1 aromatic rings. The van der Waals surface area contributed by atoms with E-state index < -0.39 is 64.9 Å². The van der Waals surface area contributed by atoms with Crippen LogP contribution in [-0.2, 0) is 52.5 Å². The van der Waals surface area contributed by atoms with Gasteiger partial charge in [-0.25, -0.2) is 9.59 Å². The van der Waals surface area contributed by atoms with Crippen LogP contribution >= 0.6 is 11.8 Å². The molecule has 0 radical (unpaired) electrons. The number of methoxy groups -OCH3 is 3. The van der Waals surface area contributed by atoms with Gasteiger partial charge in [-0.2, -0.15) is 11.8 Å². The van der Waals surface area contributed by atoms with E-state index in [1.165, 1.54) is 52.5 Å². The lowest BCUT2D eigenvalue weighted by atomic mass is 9.85. The van der Waals surface area contributed by atoms with Crippen molar-refractivity contribution >= 4 is 64.8 Å². The molecule has 10 atom stereocenters. The summed E-state index contributed by atoms with van der Waals surface area (Å²) in [6, 6.07) is 2.25. The van der Waals surface area contributed by atoms with Gasteiger partial charge in [0.25, 0.3) is 11.6 Å². The number of allylic oxidation sites excluding steroid dienone is 4. The van der Waals surface area contributed by atoms with Crippen molar-refractivity contribution in [2.75, 3.05) is 79.8 Å². The maximum Gasteiger partial charge on any atom is 0.405 e. The molecule has 0 spiro atoms. The van der Waals surface area contributed by atoms with Crippen LogP contribution < -0.4 is 52.4 Å². The topological polar surface area (TPSA) is 375 Å². The number of unbranched alkanes of at least 4 members (excludes halogenated alkanes) is 3. The summed E-state index contributed by atoms with van der Waals surface area (Å²) in [4.78, 5) is 114. The van der Waals surface area contributed by atoms with E-state index in [0.29, 0.717) is 88.7 Å². The summed E-state index contributed by atoms with van der Waals surface area (Å²) in [7, 11) is 4.29. The molecule has 0 saturated carbocycles. The molecule has 1 unspecified atom stereocenters. The fraction of sp³-hybridized carbons (Fsp3) is 0.631. The third-order valence-corrected chi connectivity index (χ3v) is 17.9. The number of thioether (sulfide) groups is 1. The van der Waals surface area contributed by atoms with E-state index in [-0.39, 0.29) is 132 Å². The lowest BCUT2D eigenvalue weighted by Crippen LogP contribution is -2.38. The van der Waals surface area contributed by atoms with Crippen LogP contribution in [0.25, 0.3) is 0 Å². The minimum atomic E-state index is -1.03. The first-order valence-electron chi connectivity index (χ1n) is 32.0. The van der Waals surface area contributed by atoms with Crippen molar-refractivity contribution in [1.29, 1.82) is 0 Å². The molecular formula is C65H97N9O18S. The quantitative estimate of drug-likeness (QED) is 0.00991. The van der Waals surface area contributed by atoms with Crippen molar-refractivity contribution in [2.24, 2.45) is 17.6 Å². The second-order valence-corrected chi connectivity index (χ2v) is 25.0. The highest BCUT2D eigenvalue weighted by Gasteiger charge is 2.43. The minimum absolute atomic E-state index is 0.00754. The van der Waals surface area contributed by atoms with Crippen LogP contribution in [0, 0.1) is 22.0 Å². The first kappa shape index (κ1) is 76.3. The van der Waals surface area contributed by atoms with Gasteiger partial charge in [0.2, 0.25) is 29.3 Å². The van der Waals surface area contributed by atoms with Gasteiger partial charge in [-0.3, -0.25) is 38.9 Å². The van der Waals surface area contributed by atoms with E-state index in [1.807, 2.05) is 18.7 Å². The second-order valence-electron chi connectivity index (χ2n) is 23.7. The van der Waals surface area contributed by atoms with Gasteiger partial charge in [0.1, 0.15) is 6.10 Å². The van der Waals surface area contributed by atoms with Crippen LogP contribution in [0.15, 0.2) is 70.6 Å². The molecule has 2 saturated heterocycles. The van der Waals surface area contributed by atoms with Crippen LogP contribution in [0.3, 0.4) is 0 Å². The van der Waals surface area contributed by atoms with E-state index in [9.17, 15) is 53.6 Å². The highest BCUT2D eigenvalue weighted by Crippen LogP contribution is 2.38. The Balaban J connectivity index is 0.956. The number of nitro benzene ring substituents is 1. The summed E-state index contributed by atoms with van der Waals surface area (Å²) in [6.45, 7) is 11.0. The third-order valence-electron chi connectivity index (χ3n) is 16.4. The number of aliphatic hydroxyl groups excluding tert-OH is 1. The van der Waals surface area contributed by atoms with Crippen molar-refractivity contribution in [3.63, 3.8) is 0 Å². The number of nitrogens with one attached hydrogen (secondary N) is 7. The summed E-state index contributed by atoms with van der Waals surface area (Å²) < 4.78 is 39.6. The number of carbonyl (C=O) groups is 8. The SMILES string of the molecule is COc1cc(C(C)NC(=O)CCCCCNC(=O)CCCC[C@@H]2SC[C@@H]3NC(=O)N[C@@H]32)c([N+](=O)[O-])cc1OCCCC(=O)NCCCOCCOCCCNC1=C2C[C@H](C)C[C@@H](OC)[C@@H](O)[C@H](C)/C=C(\C)[C@@H](OC(N)=O)[C@H](OC)/C=C\C=C(/C)C(=O)NC(=CC1=O)C2=O. The number of Topliss-reactive ketones (excluding diaryl/α,β-unsaturated/α-hetero) is 1. The standard InChI is InChI=1S/C65H97N9O18S/c1-39-32-45-58(49(75)36-46(61(45)80)71-63(81)40(2)18-14-19-50(86-6)62(92-64(66)82)42(4)34-41(3)60(79)53(33-39)88-8)69-26-17-28-90-31-30-89-27-16-25-68-56(77)23-15-29-91-52-37-48(74(84)85)44(35-51(52)87-7)43(5)70-57(78)22-10-9-13-24-67-55(76)21-12-11-20-54-59-47(38-93-54)72-65(83)73-59/h14,18-19,34-37,39,41,43,47,50,53-54,59-60,62,69,79H,9-13,15-17,20-33,38H2,1-8H3,(H2,66,82)(H,67,76)(H,68,77)(H,70,78)(H,71,81)(H2,72,73,83)/b19-14-,40-18+,42-34+/t39-,41+,43?,47-,50+,53+,54-,59-,60-,62+/m0/s1. The summed E-state index contributed by atoms with van der Waals surface area (Å²) in [5.74, 6) is -1.69. The lowest BCUT2D eigenvalue weighted by Gasteiger charge is -2.30. The molecule has 5 rings (SSSR count). The number of nitro groups is 1. The van der Waals surface area contributed by atoms with Gasteiger partial charge in [0.05, 0.1) is 85.2 Å². The summed E-state index contributed by atoms with van der Waals surface area (Å²) in [6.07, 6.45) is 9.96. The Kier molecular flexibility index (Phi) is 32.8. The first-order chi connectivity index (χ1) is 44.5. The number of carbonyl (C=O) groups excluding carboxylic acids is 8. The molecular weight excluding hydrogens is 1230 g/mol. The highest BCUT2D eigenvalue weighted by atomic mass is 32.2. The molecule has 2 fully saturated rings. The van der Waals surface area contributed by atoms with Crippen molar-refractivity contribution < 1.29 is 81.5 Å². The maximum atomic E-state index is 14.1. The zero-order valence-electron chi connectivity index (χ0n) is 54.9. The van der Waals surface area contributed by atoms with Crippen LogP contribution in [0.5, 0.6) is 11.5 Å². The largest absolute Gasteiger partial charge is 0.493 e. The summed E-state index contributed by atoms with van der Waals surface area (Å²) in [5.41, 5.74) is 6.24. The molecule has 516 valence electrons. The molecule has 3 aliphatic heterocycles. The molecule has 1 aliphatic carbocycles. The van der Waals surface area contributed by atoms with Crippen molar-refractivity contribution in [3.8, 4) is 11.5 Å². The van der Waals surface area contributed by atoms with Gasteiger partial charge in [0.15, 0.2) is 17.6 Å². The Morgan fingerprint density at radius 2 is 1.51 bits per heavy atom. The van der Waals surface area contributed by atoms with Crippen molar-refractivity contribution in [1.82, 2.24) is 37.2 Å². The van der Waals surface area contributed by atoms with Crippen LogP contribution in [0.2, 0.25) is 0 Å². The molecule has 7 amide bonds. The molecule has 4 aliphatic rings. The fourth-order valence-electron chi connectivity index (χ4n) is 11.3. The number of nitrogens with zero attached hydrogens (tertiary/aromatic N) is 1. The average Bonchev–Trinajstić information content (AvgIpc) is 1.35. The fourth-order valence-corrected chi connectivity index (χ4v) is 12.8. The number of urea groups is 1. The van der Waals surface area contributed by atoms with Gasteiger partial charge in [-0.15, -0.1) is 0 Å². The average molecular weight is 1320 g/mol. The second kappa shape index (κ2) is 40.0. The summed E-state index contributed by atoms with van der Waals surface area (Å²) in [5, 5.41) is 44.3. The van der Waals surface area contributed by atoms with E-state index in [4.69, 9.17) is 38.9 Å². The molecule has 0 aromatic heterocycles. The van der Waals surface area contributed by atoms with Gasteiger partial charge >= 0.3 is 12.1 Å². The Morgan fingerprint density at radius 1 is 0.828 bits per heavy atom. The van der Waals surface area contributed by atoms with Gasteiger partial charge in [0, 0.05) is 100 Å². The number of fused-ring (bicyclic) bond motifs is 3. The maximum absolute atomic E-state index is 14.1. The van der Waals surface area contributed by atoms with E-state index in [2.05, 4.69) is 37.2 Å². The predicted molar refractivity (Wildman–Crippen MR) is 348 cm³/mol. The number of rotatable bonds is 35. The third kappa shape index (κ3) is 25.1. The van der Waals surface area contributed by atoms with E-state index in [1.54, 1.807) is 32.9 Å². The number of aliphatic hydroxyl groups is 1. The smallest absolute Gasteiger partial charge is 0.405 e. The van der Waals surface area contributed by atoms with Gasteiger partial charge in [-0.05, 0) is 96.1 Å². The predicted octanol–water partition coefficient (Wildman–Crippen LogP) is 5.64. The van der Waals surface area contributed by atoms with Gasteiger partial charge < -0.3 is 81.2 Å². The van der Waals surface area contributed by atoms with Crippen LogP contribution in [0.4, 0.5) is 15.3 Å². The number of hydrogen-bond acceptors (Lipinski definition) is 20. The molecule has 28 heteroatoms.